The van der Waals surface area contributed by atoms with Crippen LogP contribution in [0.4, 0.5) is 17.1 Å². The zero-order chi connectivity index (χ0) is 35.8. The lowest BCUT2D eigenvalue weighted by Gasteiger charge is -2.30. The van der Waals surface area contributed by atoms with Crippen LogP contribution in [0.15, 0.2) is 218 Å². The number of fused-ring (bicyclic) bond motifs is 4. The number of anilines is 3. The van der Waals surface area contributed by atoms with Crippen molar-refractivity contribution in [3.8, 4) is 39.1 Å². The molecule has 1 heterocycles. The highest BCUT2D eigenvalue weighted by molar-refractivity contribution is 6.18. The quantitative estimate of drug-likeness (QED) is 0.162. The fourth-order valence-electron chi connectivity index (χ4n) is 8.15. The first-order valence-corrected chi connectivity index (χ1v) is 18.5. The SMILES string of the molecule is c1ccc(-c2ccc(-c3ccccc3-n3c4ccccc4c4c(N(c5ccccc5-c5ccccc5)c5cccc6ccccc56)cccc43)cc2)cc1. The Morgan fingerprint density at radius 3 is 1.61 bits per heavy atom. The molecule has 10 rings (SSSR count). The molecule has 0 amide bonds. The van der Waals surface area contributed by atoms with Crippen molar-refractivity contribution in [3.63, 3.8) is 0 Å². The maximum atomic E-state index is 2.48. The third kappa shape index (κ3) is 5.36. The molecule has 0 unspecified atom stereocenters. The second-order valence-electron chi connectivity index (χ2n) is 13.7. The minimum Gasteiger partial charge on any atom is -0.309 e. The molecule has 1 aromatic heterocycles. The first kappa shape index (κ1) is 31.6. The van der Waals surface area contributed by atoms with Crippen LogP contribution in [0.3, 0.4) is 0 Å². The lowest BCUT2D eigenvalue weighted by molar-refractivity contribution is 1.18. The van der Waals surface area contributed by atoms with Gasteiger partial charge in [0.05, 0.1) is 33.8 Å². The summed E-state index contributed by atoms with van der Waals surface area (Å²) >= 11 is 0. The molecule has 2 heteroatoms. The Morgan fingerprint density at radius 2 is 0.796 bits per heavy atom. The summed E-state index contributed by atoms with van der Waals surface area (Å²) in [7, 11) is 0. The molecule has 254 valence electrons. The van der Waals surface area contributed by atoms with Crippen LogP contribution in [0.25, 0.3) is 71.6 Å². The van der Waals surface area contributed by atoms with Crippen LogP contribution in [-0.2, 0) is 0 Å². The largest absolute Gasteiger partial charge is 0.309 e. The first-order chi connectivity index (χ1) is 26.8. The zero-order valence-electron chi connectivity index (χ0n) is 29.7. The second-order valence-corrected chi connectivity index (χ2v) is 13.7. The number of nitrogens with zero attached hydrogens (tertiary/aromatic N) is 2. The van der Waals surface area contributed by atoms with Gasteiger partial charge in [0.2, 0.25) is 0 Å². The highest BCUT2D eigenvalue weighted by Crippen LogP contribution is 2.48. The van der Waals surface area contributed by atoms with Crippen LogP contribution in [0.2, 0.25) is 0 Å². The molecule has 0 atom stereocenters. The van der Waals surface area contributed by atoms with Gasteiger partial charge in [-0.2, -0.15) is 0 Å². The summed E-state index contributed by atoms with van der Waals surface area (Å²) in [6.45, 7) is 0. The van der Waals surface area contributed by atoms with Crippen molar-refractivity contribution in [3.05, 3.63) is 218 Å². The zero-order valence-corrected chi connectivity index (χ0v) is 29.7. The Hall–Kier alpha value is -7.16. The van der Waals surface area contributed by atoms with Crippen molar-refractivity contribution >= 4 is 49.6 Å². The number of hydrogen-bond donors (Lipinski definition) is 0. The minimum absolute atomic E-state index is 1.13. The monoisotopic (exact) mass is 688 g/mol. The van der Waals surface area contributed by atoms with Crippen LogP contribution < -0.4 is 4.90 Å². The topological polar surface area (TPSA) is 8.17 Å². The molecule has 0 fully saturated rings. The Bertz CT molecular complexity index is 2920. The van der Waals surface area contributed by atoms with E-state index in [0.29, 0.717) is 0 Å². The van der Waals surface area contributed by atoms with E-state index < -0.39 is 0 Å². The summed E-state index contributed by atoms with van der Waals surface area (Å²) in [4.78, 5) is 2.48. The lowest BCUT2D eigenvalue weighted by Crippen LogP contribution is -2.12. The van der Waals surface area contributed by atoms with Gasteiger partial charge >= 0.3 is 0 Å². The van der Waals surface area contributed by atoms with E-state index in [9.17, 15) is 0 Å². The van der Waals surface area contributed by atoms with Gasteiger partial charge in [-0.25, -0.2) is 0 Å². The minimum atomic E-state index is 1.13. The lowest BCUT2D eigenvalue weighted by atomic mass is 9.99. The van der Waals surface area contributed by atoms with E-state index >= 15 is 0 Å². The Morgan fingerprint density at radius 1 is 0.296 bits per heavy atom. The van der Waals surface area contributed by atoms with Crippen molar-refractivity contribution < 1.29 is 0 Å². The Balaban J connectivity index is 1.24. The molecule has 2 nitrogen and oxygen atoms in total. The number of rotatable bonds is 7. The standard InChI is InChI=1S/C52H36N2/c1-3-17-37(18-4-1)38-33-35-41(36-34-38)44-25-10-13-28-47(44)54-49-29-14-11-26-45(49)52-50(31-16-32-51(52)54)53(48-30-15-22-40-21-7-8-23-43(40)48)46-27-12-9-24-42(46)39-19-5-2-6-20-39/h1-36H. The average molecular weight is 689 g/mol. The molecular formula is C52H36N2. The van der Waals surface area contributed by atoms with E-state index in [1.54, 1.807) is 0 Å². The van der Waals surface area contributed by atoms with Gasteiger partial charge in [0.25, 0.3) is 0 Å². The molecule has 0 aliphatic carbocycles. The van der Waals surface area contributed by atoms with E-state index in [1.807, 2.05) is 0 Å². The summed E-state index contributed by atoms with van der Waals surface area (Å²) in [5.74, 6) is 0. The normalized spacial score (nSPS) is 11.3. The molecule has 10 aromatic rings. The highest BCUT2D eigenvalue weighted by atomic mass is 15.2. The molecule has 0 radical (unpaired) electrons. The average Bonchev–Trinajstić information content (AvgIpc) is 3.60. The molecule has 9 aromatic carbocycles. The van der Waals surface area contributed by atoms with Crippen molar-refractivity contribution in [1.82, 2.24) is 4.57 Å². The fourth-order valence-corrected chi connectivity index (χ4v) is 8.15. The third-order valence-electron chi connectivity index (χ3n) is 10.6. The maximum Gasteiger partial charge on any atom is 0.0562 e. The highest BCUT2D eigenvalue weighted by Gasteiger charge is 2.24. The number of aromatic nitrogens is 1. The first-order valence-electron chi connectivity index (χ1n) is 18.5. The van der Waals surface area contributed by atoms with Crippen LogP contribution in [0.1, 0.15) is 0 Å². The number of para-hydroxylation sites is 3. The molecule has 0 saturated heterocycles. The summed E-state index contributed by atoms with van der Waals surface area (Å²) in [5.41, 5.74) is 14.0. The smallest absolute Gasteiger partial charge is 0.0562 e. The number of hydrogen-bond acceptors (Lipinski definition) is 1. The predicted molar refractivity (Wildman–Crippen MR) is 229 cm³/mol. The van der Waals surface area contributed by atoms with E-state index in [1.165, 1.54) is 60.4 Å². The van der Waals surface area contributed by atoms with Crippen molar-refractivity contribution in [2.75, 3.05) is 4.90 Å². The predicted octanol–water partition coefficient (Wildman–Crippen LogP) is 14.4. The van der Waals surface area contributed by atoms with Gasteiger partial charge < -0.3 is 9.47 Å². The van der Waals surface area contributed by atoms with Crippen molar-refractivity contribution in [2.45, 2.75) is 0 Å². The van der Waals surface area contributed by atoms with E-state index in [4.69, 9.17) is 0 Å². The summed E-state index contributed by atoms with van der Waals surface area (Å²) in [5, 5.41) is 4.82. The molecule has 0 saturated carbocycles. The van der Waals surface area contributed by atoms with Gasteiger partial charge in [-0.3, -0.25) is 0 Å². The van der Waals surface area contributed by atoms with Crippen LogP contribution in [0, 0.1) is 0 Å². The third-order valence-corrected chi connectivity index (χ3v) is 10.6. The summed E-state index contributed by atoms with van der Waals surface area (Å²) in [6, 6.07) is 78.9. The Labute approximate surface area is 315 Å². The molecule has 54 heavy (non-hydrogen) atoms. The van der Waals surface area contributed by atoms with Crippen LogP contribution in [0.5, 0.6) is 0 Å². The van der Waals surface area contributed by atoms with Crippen LogP contribution >= 0.6 is 0 Å². The van der Waals surface area contributed by atoms with E-state index in [2.05, 4.69) is 228 Å². The molecule has 0 aliphatic rings. The second kappa shape index (κ2) is 13.4. The van der Waals surface area contributed by atoms with Gasteiger partial charge in [-0.1, -0.05) is 182 Å². The number of benzene rings is 9. The molecule has 0 aliphatic heterocycles. The molecule has 0 N–H and O–H groups in total. The molecule has 0 spiro atoms. The van der Waals surface area contributed by atoms with Gasteiger partial charge in [0, 0.05) is 27.3 Å². The van der Waals surface area contributed by atoms with E-state index in [0.717, 1.165) is 28.3 Å². The Kier molecular flexibility index (Phi) is 7.85. The molecular weight excluding hydrogens is 653 g/mol. The van der Waals surface area contributed by atoms with Gasteiger partial charge in [0.1, 0.15) is 0 Å². The van der Waals surface area contributed by atoms with Crippen molar-refractivity contribution in [2.24, 2.45) is 0 Å². The maximum absolute atomic E-state index is 2.48. The van der Waals surface area contributed by atoms with E-state index in [-0.39, 0.29) is 0 Å². The van der Waals surface area contributed by atoms with Gasteiger partial charge in [-0.15, -0.1) is 0 Å². The fraction of sp³-hybridized carbons (Fsp3) is 0. The summed E-state index contributed by atoms with van der Waals surface area (Å²) < 4.78 is 2.46. The van der Waals surface area contributed by atoms with Crippen LogP contribution in [-0.4, -0.2) is 4.57 Å². The van der Waals surface area contributed by atoms with Crippen molar-refractivity contribution in [1.29, 1.82) is 0 Å². The van der Waals surface area contributed by atoms with Gasteiger partial charge in [0.15, 0.2) is 0 Å². The summed E-state index contributed by atoms with van der Waals surface area (Å²) in [6.07, 6.45) is 0. The van der Waals surface area contributed by atoms with Gasteiger partial charge in [-0.05, 0) is 64.0 Å². The molecule has 0 bridgehead atoms.